The number of nitrogens with one attached hydrogen (secondary N) is 1. The summed E-state index contributed by atoms with van der Waals surface area (Å²) in [5, 5.41) is 24.7. The molecule has 0 amide bonds. The maximum Gasteiger partial charge on any atom is 0.234 e. The third-order valence-electron chi connectivity index (χ3n) is 9.73. The maximum atomic E-state index is 17.3. The van der Waals surface area contributed by atoms with Crippen LogP contribution in [0.3, 0.4) is 0 Å². The number of nitrogens with zero attached hydrogens (tertiary/aromatic N) is 5. The topological polar surface area (TPSA) is 123 Å². The Morgan fingerprint density at radius 3 is 2.66 bits per heavy atom. The van der Waals surface area contributed by atoms with Gasteiger partial charge in [-0.05, 0) is 70.8 Å². The number of rotatable bonds is 5. The number of thiophene rings is 1. The molecule has 3 atom stereocenters. The minimum atomic E-state index is -0.789. The first-order valence-electron chi connectivity index (χ1n) is 15.9. The lowest BCUT2D eigenvalue weighted by Gasteiger charge is -2.39. The van der Waals surface area contributed by atoms with Crippen LogP contribution in [0.15, 0.2) is 12.1 Å². The summed E-state index contributed by atoms with van der Waals surface area (Å²) in [6, 6.07) is 7.15. The van der Waals surface area contributed by atoms with Gasteiger partial charge >= 0.3 is 0 Å². The molecule has 1 unspecified atom stereocenters. The molecular weight excluding hydrogens is 644 g/mol. The monoisotopic (exact) mass is 677 g/mol. The van der Waals surface area contributed by atoms with E-state index in [0.717, 1.165) is 50.1 Å². The van der Waals surface area contributed by atoms with Crippen molar-refractivity contribution in [2.75, 3.05) is 50.5 Å². The van der Waals surface area contributed by atoms with E-state index in [9.17, 15) is 10.5 Å². The molecule has 0 saturated carbocycles. The molecule has 0 aliphatic carbocycles. The lowest BCUT2D eigenvalue weighted by molar-refractivity contribution is 0.117. The van der Waals surface area contributed by atoms with Gasteiger partial charge in [0.15, 0.2) is 5.82 Å². The fourth-order valence-electron chi connectivity index (χ4n) is 7.49. The summed E-state index contributed by atoms with van der Waals surface area (Å²) in [7, 11) is 2.04. The van der Waals surface area contributed by atoms with E-state index in [1.807, 2.05) is 14.0 Å². The van der Waals surface area contributed by atoms with E-state index in [1.54, 1.807) is 0 Å². The van der Waals surface area contributed by atoms with Crippen LogP contribution in [0, 0.1) is 34.3 Å². The van der Waals surface area contributed by atoms with Crippen molar-refractivity contribution >= 4 is 54.6 Å². The van der Waals surface area contributed by atoms with Crippen LogP contribution >= 0.6 is 22.9 Å². The zero-order chi connectivity index (χ0) is 33.0. The SMILES string of the molecule is C[C@H](Oc1nc2c(F)c(-c3ccc(F)c4sc(N)c(C#N)c34)c(Cl)c3c2c(c1C#N)N(C1CCCNC1)CCCO3)[C@@H]1CCCN1C. The Kier molecular flexibility index (Phi) is 8.48. The average Bonchev–Trinajstić information content (AvgIpc) is 3.65. The van der Waals surface area contributed by atoms with E-state index >= 15 is 8.78 Å². The van der Waals surface area contributed by atoms with E-state index in [0.29, 0.717) is 30.6 Å². The molecule has 3 N–H and O–H groups in total. The Morgan fingerprint density at radius 1 is 1.15 bits per heavy atom. The number of piperidine rings is 1. The van der Waals surface area contributed by atoms with Crippen LogP contribution in [0.4, 0.5) is 19.5 Å². The van der Waals surface area contributed by atoms with Crippen molar-refractivity contribution in [1.29, 1.82) is 10.5 Å². The summed E-state index contributed by atoms with van der Waals surface area (Å²) in [6.45, 7) is 5.33. The lowest BCUT2D eigenvalue weighted by atomic mass is 9.94. The van der Waals surface area contributed by atoms with E-state index in [2.05, 4.69) is 27.3 Å². The number of halogens is 3. The number of anilines is 2. The van der Waals surface area contributed by atoms with E-state index in [1.165, 1.54) is 12.1 Å². The first-order chi connectivity index (χ1) is 22.7. The summed E-state index contributed by atoms with van der Waals surface area (Å²) in [4.78, 5) is 9.12. The van der Waals surface area contributed by atoms with E-state index in [-0.39, 0.29) is 84.3 Å². The van der Waals surface area contributed by atoms with Gasteiger partial charge < -0.3 is 25.4 Å². The van der Waals surface area contributed by atoms with Gasteiger partial charge in [-0.25, -0.2) is 13.8 Å². The highest BCUT2D eigenvalue weighted by Crippen LogP contribution is 2.52. The smallest absolute Gasteiger partial charge is 0.234 e. The number of hydrogen-bond acceptors (Lipinski definition) is 10. The number of likely N-dealkylation sites (N-methyl/N-ethyl adjacent to an activating group) is 1. The molecule has 0 spiro atoms. The normalized spacial score (nSPS) is 20.8. The zero-order valence-electron chi connectivity index (χ0n) is 26.1. The molecule has 3 aliphatic heterocycles. The molecule has 4 aromatic rings. The minimum Gasteiger partial charge on any atom is -0.491 e. The van der Waals surface area contributed by atoms with Gasteiger partial charge in [0, 0.05) is 36.1 Å². The molecule has 9 nitrogen and oxygen atoms in total. The Hall–Kier alpha value is -3.94. The number of nitrogen functional groups attached to an aromatic ring is 1. The molecule has 2 saturated heterocycles. The Bertz CT molecular complexity index is 1980. The van der Waals surface area contributed by atoms with Crippen LogP contribution in [0.1, 0.15) is 50.2 Å². The van der Waals surface area contributed by atoms with Gasteiger partial charge in [-0.1, -0.05) is 17.7 Å². The van der Waals surface area contributed by atoms with Gasteiger partial charge in [0.2, 0.25) is 5.88 Å². The van der Waals surface area contributed by atoms with E-state index in [4.69, 9.17) is 31.8 Å². The Balaban J connectivity index is 1.55. The number of benzene rings is 2. The van der Waals surface area contributed by atoms with Crippen LogP contribution in [0.5, 0.6) is 11.6 Å². The molecule has 0 radical (unpaired) electrons. The van der Waals surface area contributed by atoms with Crippen molar-refractivity contribution in [2.45, 2.75) is 57.2 Å². The molecule has 0 bridgehead atoms. The number of aromatic nitrogens is 1. The standard InChI is InChI=1S/C34H34ClF2N7O2S/c1-17(23-7-4-11-43(23)2)46-34-21(15-39)30-26-29(42-34)28(37)25(19-8-9-22(36)32-24(19)20(14-38)33(40)47-32)27(35)31(26)45-13-5-12-44(30)18-6-3-10-41-16-18/h8-9,17-18,23,41H,3-7,10-13,16,40H2,1-2H3/t17-,18?,23-/m0/s1. The zero-order valence-corrected chi connectivity index (χ0v) is 27.7. The van der Waals surface area contributed by atoms with Gasteiger partial charge in [0.25, 0.3) is 0 Å². The van der Waals surface area contributed by atoms with Gasteiger partial charge in [0.05, 0.1) is 33.0 Å². The average molecular weight is 678 g/mol. The van der Waals surface area contributed by atoms with Crippen LogP contribution in [0.2, 0.25) is 5.02 Å². The second kappa shape index (κ2) is 12.6. The minimum absolute atomic E-state index is 0.0313. The van der Waals surface area contributed by atoms with Crippen molar-refractivity contribution in [2.24, 2.45) is 0 Å². The first kappa shape index (κ1) is 31.6. The number of hydrogen-bond donors (Lipinski definition) is 2. The summed E-state index contributed by atoms with van der Waals surface area (Å²) < 4.78 is 45.3. The second-order valence-electron chi connectivity index (χ2n) is 12.5. The molecule has 7 rings (SSSR count). The van der Waals surface area contributed by atoms with Crippen LogP contribution in [-0.2, 0) is 0 Å². The summed E-state index contributed by atoms with van der Waals surface area (Å²) in [5.74, 6) is -1.15. The first-order valence-corrected chi connectivity index (χ1v) is 17.1. The molecule has 244 valence electrons. The number of ether oxygens (including phenoxy) is 2. The summed E-state index contributed by atoms with van der Waals surface area (Å²) >= 11 is 8.03. The highest BCUT2D eigenvalue weighted by Gasteiger charge is 2.36. The predicted molar refractivity (Wildman–Crippen MR) is 180 cm³/mol. The predicted octanol–water partition coefficient (Wildman–Crippen LogP) is 6.58. The van der Waals surface area contributed by atoms with Crippen molar-refractivity contribution in [3.8, 4) is 34.9 Å². The van der Waals surface area contributed by atoms with E-state index < -0.39 is 11.6 Å². The highest BCUT2D eigenvalue weighted by atomic mass is 35.5. The third-order valence-corrected chi connectivity index (χ3v) is 11.1. The second-order valence-corrected chi connectivity index (χ2v) is 13.9. The van der Waals surface area contributed by atoms with Gasteiger partial charge in [-0.15, -0.1) is 11.3 Å². The lowest BCUT2D eigenvalue weighted by Crippen LogP contribution is -2.47. The van der Waals surface area contributed by atoms with Crippen molar-refractivity contribution < 1.29 is 18.3 Å². The molecule has 47 heavy (non-hydrogen) atoms. The molecule has 13 heteroatoms. The Morgan fingerprint density at radius 2 is 1.96 bits per heavy atom. The van der Waals surface area contributed by atoms with Crippen molar-refractivity contribution in [3.05, 3.63) is 39.9 Å². The van der Waals surface area contributed by atoms with Gasteiger partial charge in [-0.3, -0.25) is 4.90 Å². The summed E-state index contributed by atoms with van der Waals surface area (Å²) in [6.07, 6.45) is 4.08. The fraction of sp³-hybridized carbons (Fsp3) is 0.441. The largest absolute Gasteiger partial charge is 0.491 e. The number of likely N-dealkylation sites (tertiary alicyclic amines) is 1. The maximum absolute atomic E-state index is 17.3. The molecule has 3 aliphatic rings. The Labute approximate surface area is 280 Å². The van der Waals surface area contributed by atoms with Crippen LogP contribution < -0.4 is 25.4 Å². The molecule has 2 aromatic carbocycles. The van der Waals surface area contributed by atoms with Crippen LogP contribution in [0.25, 0.3) is 32.1 Å². The number of pyridine rings is 1. The molecular formula is C34H34ClF2N7O2S. The van der Waals surface area contributed by atoms with Crippen molar-refractivity contribution in [3.63, 3.8) is 0 Å². The molecule has 2 aromatic heterocycles. The highest BCUT2D eigenvalue weighted by molar-refractivity contribution is 7.23. The van der Waals surface area contributed by atoms with Crippen molar-refractivity contribution in [1.82, 2.24) is 15.2 Å². The molecule has 2 fully saturated rings. The third kappa shape index (κ3) is 5.19. The molecule has 5 heterocycles. The van der Waals surface area contributed by atoms with Gasteiger partial charge in [0.1, 0.15) is 45.9 Å². The number of fused-ring (bicyclic) bond motifs is 1. The summed E-state index contributed by atoms with van der Waals surface area (Å²) in [5.41, 5.74) is 6.88. The number of nitriles is 2. The fourth-order valence-corrected chi connectivity index (χ4v) is 8.77. The quantitative estimate of drug-likeness (QED) is 0.241. The van der Waals surface area contributed by atoms with Crippen LogP contribution in [-0.4, -0.2) is 67.9 Å². The van der Waals surface area contributed by atoms with Gasteiger partial charge in [-0.2, -0.15) is 10.5 Å². The number of nitrogens with two attached hydrogens (primary N) is 1.